The van der Waals surface area contributed by atoms with E-state index in [0.29, 0.717) is 6.54 Å². The summed E-state index contributed by atoms with van der Waals surface area (Å²) >= 11 is 3.31. The summed E-state index contributed by atoms with van der Waals surface area (Å²) in [7, 11) is 0. The molecule has 0 spiro atoms. The minimum atomic E-state index is -0.176. The second-order valence-corrected chi connectivity index (χ2v) is 3.41. The van der Waals surface area contributed by atoms with Crippen LogP contribution in [0.25, 0.3) is 0 Å². The summed E-state index contributed by atoms with van der Waals surface area (Å²) in [6.45, 7) is 2.50. The van der Waals surface area contributed by atoms with Crippen molar-refractivity contribution in [2.75, 3.05) is 11.9 Å². The standard InChI is InChI=1S/C9H11BrN2O/c1-2-11-9(13)12-8-5-3-7(10)4-6-8/h3-6H,2H2,1H3,(H2,11,12,13). The van der Waals surface area contributed by atoms with Crippen molar-refractivity contribution >= 4 is 27.6 Å². The van der Waals surface area contributed by atoms with Crippen LogP contribution in [0.1, 0.15) is 6.92 Å². The predicted octanol–water partition coefficient (Wildman–Crippen LogP) is 2.59. The number of hydrogen-bond acceptors (Lipinski definition) is 1. The lowest BCUT2D eigenvalue weighted by molar-refractivity contribution is 0.252. The molecule has 0 fully saturated rings. The molecular formula is C9H11BrN2O. The molecule has 4 heteroatoms. The fourth-order valence-electron chi connectivity index (χ4n) is 0.869. The summed E-state index contributed by atoms with van der Waals surface area (Å²) in [6, 6.07) is 7.24. The SMILES string of the molecule is CCNC(=O)Nc1ccc(Br)cc1. The fourth-order valence-corrected chi connectivity index (χ4v) is 1.13. The molecular weight excluding hydrogens is 232 g/mol. The smallest absolute Gasteiger partial charge is 0.319 e. The lowest BCUT2D eigenvalue weighted by Crippen LogP contribution is -2.28. The molecule has 0 unspecified atom stereocenters. The number of halogens is 1. The van der Waals surface area contributed by atoms with Gasteiger partial charge in [0.05, 0.1) is 0 Å². The molecule has 0 saturated carbocycles. The Morgan fingerprint density at radius 3 is 2.54 bits per heavy atom. The maximum Gasteiger partial charge on any atom is 0.319 e. The van der Waals surface area contributed by atoms with Crippen molar-refractivity contribution in [1.29, 1.82) is 0 Å². The minimum Gasteiger partial charge on any atom is -0.338 e. The molecule has 0 bridgehead atoms. The Balaban J connectivity index is 2.54. The largest absolute Gasteiger partial charge is 0.338 e. The number of urea groups is 1. The molecule has 1 aromatic carbocycles. The minimum absolute atomic E-state index is 0.176. The third-order valence-corrected chi connectivity index (χ3v) is 1.97. The maximum atomic E-state index is 11.1. The molecule has 0 heterocycles. The molecule has 0 atom stereocenters. The zero-order chi connectivity index (χ0) is 9.68. The van der Waals surface area contributed by atoms with Gasteiger partial charge in [0, 0.05) is 16.7 Å². The van der Waals surface area contributed by atoms with Crippen molar-refractivity contribution in [1.82, 2.24) is 5.32 Å². The average Bonchev–Trinajstić information content (AvgIpc) is 2.09. The highest BCUT2D eigenvalue weighted by molar-refractivity contribution is 9.10. The Labute approximate surface area is 85.7 Å². The summed E-state index contributed by atoms with van der Waals surface area (Å²) in [5.41, 5.74) is 0.786. The first-order chi connectivity index (χ1) is 6.22. The van der Waals surface area contributed by atoms with E-state index in [4.69, 9.17) is 0 Å². The Kier molecular flexibility index (Phi) is 3.76. The molecule has 0 aromatic heterocycles. The van der Waals surface area contributed by atoms with Gasteiger partial charge in [0.15, 0.2) is 0 Å². The van der Waals surface area contributed by atoms with Crippen LogP contribution in [0.5, 0.6) is 0 Å². The van der Waals surface area contributed by atoms with Crippen molar-refractivity contribution in [3.05, 3.63) is 28.7 Å². The normalized spacial score (nSPS) is 9.38. The van der Waals surface area contributed by atoms with Crippen molar-refractivity contribution in [3.8, 4) is 0 Å². The van der Waals surface area contributed by atoms with Crippen molar-refractivity contribution in [3.63, 3.8) is 0 Å². The van der Waals surface area contributed by atoms with E-state index in [0.717, 1.165) is 10.2 Å². The molecule has 2 amide bonds. The number of amides is 2. The molecule has 3 nitrogen and oxygen atoms in total. The summed E-state index contributed by atoms with van der Waals surface area (Å²) in [6.07, 6.45) is 0. The van der Waals surface area contributed by atoms with Gasteiger partial charge in [-0.2, -0.15) is 0 Å². The highest BCUT2D eigenvalue weighted by atomic mass is 79.9. The summed E-state index contributed by atoms with van der Waals surface area (Å²) < 4.78 is 0.994. The van der Waals surface area contributed by atoms with Gasteiger partial charge in [-0.1, -0.05) is 15.9 Å². The molecule has 70 valence electrons. The van der Waals surface area contributed by atoms with Gasteiger partial charge in [-0.25, -0.2) is 4.79 Å². The number of carbonyl (C=O) groups is 1. The lowest BCUT2D eigenvalue weighted by atomic mass is 10.3. The van der Waals surface area contributed by atoms with Gasteiger partial charge in [-0.15, -0.1) is 0 Å². The van der Waals surface area contributed by atoms with Crippen LogP contribution in [0.15, 0.2) is 28.7 Å². The lowest BCUT2D eigenvalue weighted by Gasteiger charge is -2.04. The van der Waals surface area contributed by atoms with Crippen molar-refractivity contribution in [2.24, 2.45) is 0 Å². The number of rotatable bonds is 2. The Morgan fingerprint density at radius 2 is 2.00 bits per heavy atom. The second kappa shape index (κ2) is 4.87. The van der Waals surface area contributed by atoms with Gasteiger partial charge in [0.1, 0.15) is 0 Å². The van der Waals surface area contributed by atoms with E-state index in [-0.39, 0.29) is 6.03 Å². The van der Waals surface area contributed by atoms with Crippen LogP contribution in [-0.2, 0) is 0 Å². The predicted molar refractivity (Wildman–Crippen MR) is 56.8 cm³/mol. The third-order valence-electron chi connectivity index (χ3n) is 1.44. The van der Waals surface area contributed by atoms with E-state index >= 15 is 0 Å². The van der Waals surface area contributed by atoms with E-state index in [1.807, 2.05) is 31.2 Å². The number of benzene rings is 1. The first kappa shape index (κ1) is 10.1. The van der Waals surface area contributed by atoms with Gasteiger partial charge >= 0.3 is 6.03 Å². The van der Waals surface area contributed by atoms with Gasteiger partial charge < -0.3 is 10.6 Å². The van der Waals surface area contributed by atoms with Crippen molar-refractivity contribution < 1.29 is 4.79 Å². The van der Waals surface area contributed by atoms with Crippen LogP contribution in [0.3, 0.4) is 0 Å². The van der Waals surface area contributed by atoms with E-state index in [2.05, 4.69) is 26.6 Å². The number of hydrogen-bond donors (Lipinski definition) is 2. The summed E-state index contributed by atoms with van der Waals surface area (Å²) in [4.78, 5) is 11.1. The number of carbonyl (C=O) groups excluding carboxylic acids is 1. The molecule has 0 aliphatic rings. The van der Waals surface area contributed by atoms with E-state index in [9.17, 15) is 4.79 Å². The maximum absolute atomic E-state index is 11.1. The Bertz CT molecular complexity index is 284. The highest BCUT2D eigenvalue weighted by Crippen LogP contribution is 2.13. The van der Waals surface area contributed by atoms with Gasteiger partial charge in [0.2, 0.25) is 0 Å². The number of anilines is 1. The molecule has 0 aliphatic carbocycles. The van der Waals surface area contributed by atoms with Crippen LogP contribution in [0.4, 0.5) is 10.5 Å². The van der Waals surface area contributed by atoms with Crippen molar-refractivity contribution in [2.45, 2.75) is 6.92 Å². The summed E-state index contributed by atoms with van der Waals surface area (Å²) in [5, 5.41) is 5.35. The zero-order valence-corrected chi connectivity index (χ0v) is 8.89. The van der Waals surface area contributed by atoms with E-state index in [1.54, 1.807) is 0 Å². The van der Waals surface area contributed by atoms with Crippen LogP contribution in [0, 0.1) is 0 Å². The molecule has 0 saturated heterocycles. The first-order valence-corrected chi connectivity index (χ1v) is 4.82. The summed E-state index contributed by atoms with van der Waals surface area (Å²) in [5.74, 6) is 0. The highest BCUT2D eigenvalue weighted by Gasteiger charge is 1.97. The molecule has 0 radical (unpaired) electrons. The molecule has 0 aliphatic heterocycles. The Morgan fingerprint density at radius 1 is 1.38 bits per heavy atom. The van der Waals surface area contributed by atoms with Gasteiger partial charge in [-0.3, -0.25) is 0 Å². The van der Waals surface area contributed by atoms with Crippen LogP contribution in [-0.4, -0.2) is 12.6 Å². The Hall–Kier alpha value is -1.03. The van der Waals surface area contributed by atoms with E-state index < -0.39 is 0 Å². The fraction of sp³-hybridized carbons (Fsp3) is 0.222. The molecule has 1 aromatic rings. The molecule has 2 N–H and O–H groups in total. The van der Waals surface area contributed by atoms with E-state index in [1.165, 1.54) is 0 Å². The average molecular weight is 243 g/mol. The van der Waals surface area contributed by atoms with Crippen LogP contribution < -0.4 is 10.6 Å². The topological polar surface area (TPSA) is 41.1 Å². The monoisotopic (exact) mass is 242 g/mol. The first-order valence-electron chi connectivity index (χ1n) is 4.03. The molecule has 1 rings (SSSR count). The van der Waals surface area contributed by atoms with Crippen LogP contribution in [0.2, 0.25) is 0 Å². The zero-order valence-electron chi connectivity index (χ0n) is 7.30. The van der Waals surface area contributed by atoms with Crippen LogP contribution >= 0.6 is 15.9 Å². The van der Waals surface area contributed by atoms with Gasteiger partial charge in [0.25, 0.3) is 0 Å². The quantitative estimate of drug-likeness (QED) is 0.823. The number of nitrogens with one attached hydrogen (secondary N) is 2. The molecule has 13 heavy (non-hydrogen) atoms. The van der Waals surface area contributed by atoms with Gasteiger partial charge in [-0.05, 0) is 31.2 Å². The second-order valence-electron chi connectivity index (χ2n) is 2.49. The third kappa shape index (κ3) is 3.46.